The number of ether oxygens (including phenoxy) is 2. The molecule has 4 nitrogen and oxygen atoms in total. The molecule has 0 N–H and O–H groups in total. The molecular weight excluding hydrogens is 352 g/mol. The summed E-state index contributed by atoms with van der Waals surface area (Å²) in [4.78, 5) is 24.8. The van der Waals surface area contributed by atoms with Crippen molar-refractivity contribution in [1.82, 2.24) is 0 Å². The molecule has 0 aromatic heterocycles. The van der Waals surface area contributed by atoms with Crippen molar-refractivity contribution in [2.45, 2.75) is 91.9 Å². The van der Waals surface area contributed by atoms with Gasteiger partial charge in [-0.2, -0.15) is 0 Å². The average Bonchev–Trinajstić information content (AvgIpc) is 2.69. The van der Waals surface area contributed by atoms with E-state index < -0.39 is 0 Å². The van der Waals surface area contributed by atoms with E-state index in [1.807, 2.05) is 13.8 Å². The van der Waals surface area contributed by atoms with Crippen LogP contribution in [-0.2, 0) is 9.59 Å². The van der Waals surface area contributed by atoms with Gasteiger partial charge in [-0.15, -0.1) is 0 Å². The van der Waals surface area contributed by atoms with Gasteiger partial charge in [-0.1, -0.05) is 91.2 Å². The van der Waals surface area contributed by atoms with Crippen molar-refractivity contribution in [3.05, 3.63) is 24.3 Å². The summed E-state index contributed by atoms with van der Waals surface area (Å²) >= 11 is 0. The van der Waals surface area contributed by atoms with E-state index in [4.69, 9.17) is 9.47 Å². The molecule has 0 radical (unpaired) electrons. The molecule has 4 heteroatoms. The first kappa shape index (κ1) is 24.2. The molecule has 0 amide bonds. The van der Waals surface area contributed by atoms with E-state index in [2.05, 4.69) is 13.8 Å². The Morgan fingerprint density at radius 2 is 1.11 bits per heavy atom. The van der Waals surface area contributed by atoms with Crippen LogP contribution in [0.2, 0.25) is 0 Å². The second-order valence-corrected chi connectivity index (χ2v) is 7.79. The molecule has 0 saturated carbocycles. The summed E-state index contributed by atoms with van der Waals surface area (Å²) in [5.74, 6) is -0.240. The number of carbonyl (C=O) groups excluding carboxylic acids is 2. The summed E-state index contributed by atoms with van der Waals surface area (Å²) < 4.78 is 11.1. The number of benzene rings is 1. The quantitative estimate of drug-likeness (QED) is 0.201. The fourth-order valence-corrected chi connectivity index (χ4v) is 3.03. The minimum Gasteiger partial charge on any atom is -0.422 e. The fraction of sp³-hybridized carbons (Fsp3) is 0.667. The second kappa shape index (κ2) is 14.2. The zero-order valence-corrected chi connectivity index (χ0v) is 18.2. The maximum atomic E-state index is 12.4. The first-order chi connectivity index (χ1) is 13.5. The third-order valence-electron chi connectivity index (χ3n) is 5.06. The number of para-hydroxylation sites is 2. The van der Waals surface area contributed by atoms with Gasteiger partial charge in [0.05, 0.1) is 11.8 Å². The Morgan fingerprint density at radius 3 is 1.46 bits per heavy atom. The highest BCUT2D eigenvalue weighted by Gasteiger charge is 2.20. The molecular formula is C24H38O4. The van der Waals surface area contributed by atoms with Crippen molar-refractivity contribution in [2.24, 2.45) is 11.8 Å². The molecule has 158 valence electrons. The van der Waals surface area contributed by atoms with Crippen LogP contribution in [0, 0.1) is 11.8 Å². The van der Waals surface area contributed by atoms with Crippen LogP contribution in [0.3, 0.4) is 0 Å². The molecule has 0 fully saturated rings. The van der Waals surface area contributed by atoms with Crippen molar-refractivity contribution >= 4 is 11.9 Å². The number of hydrogen-bond donors (Lipinski definition) is 0. The lowest BCUT2D eigenvalue weighted by atomic mass is 10.0. The molecule has 0 saturated heterocycles. The van der Waals surface area contributed by atoms with Crippen LogP contribution in [0.4, 0.5) is 0 Å². The number of hydrogen-bond acceptors (Lipinski definition) is 4. The van der Waals surface area contributed by atoms with Gasteiger partial charge in [0.2, 0.25) is 0 Å². The predicted octanol–water partition coefficient (Wildman–Crippen LogP) is 6.71. The molecule has 0 aliphatic carbocycles. The molecule has 2 atom stereocenters. The highest BCUT2D eigenvalue weighted by atomic mass is 16.6. The SMILES string of the molecule is CCCCCCC(C)C(=O)Oc1ccccc1OC(=O)C(C)CCCCCC. The third-order valence-corrected chi connectivity index (χ3v) is 5.06. The largest absolute Gasteiger partial charge is 0.422 e. The first-order valence-electron chi connectivity index (χ1n) is 11.0. The lowest BCUT2D eigenvalue weighted by Crippen LogP contribution is -2.20. The van der Waals surface area contributed by atoms with E-state index in [0.29, 0.717) is 11.5 Å². The van der Waals surface area contributed by atoms with Crippen molar-refractivity contribution in [1.29, 1.82) is 0 Å². The topological polar surface area (TPSA) is 52.6 Å². The molecule has 0 bridgehead atoms. The second-order valence-electron chi connectivity index (χ2n) is 7.79. The smallest absolute Gasteiger partial charge is 0.314 e. The monoisotopic (exact) mass is 390 g/mol. The zero-order chi connectivity index (χ0) is 20.8. The summed E-state index contributed by atoms with van der Waals surface area (Å²) in [7, 11) is 0. The van der Waals surface area contributed by atoms with Gasteiger partial charge < -0.3 is 9.47 Å². The molecule has 2 unspecified atom stereocenters. The van der Waals surface area contributed by atoms with Crippen LogP contribution in [-0.4, -0.2) is 11.9 Å². The molecule has 0 heterocycles. The van der Waals surface area contributed by atoms with Gasteiger partial charge in [0.25, 0.3) is 0 Å². The predicted molar refractivity (Wildman–Crippen MR) is 114 cm³/mol. The minimum absolute atomic E-state index is 0.168. The first-order valence-corrected chi connectivity index (χ1v) is 11.0. The van der Waals surface area contributed by atoms with Crippen molar-refractivity contribution in [3.63, 3.8) is 0 Å². The van der Waals surface area contributed by atoms with Gasteiger partial charge in [0.1, 0.15) is 0 Å². The molecule has 1 aromatic rings. The number of rotatable bonds is 14. The van der Waals surface area contributed by atoms with Gasteiger partial charge >= 0.3 is 11.9 Å². The number of esters is 2. The van der Waals surface area contributed by atoms with E-state index in [-0.39, 0.29) is 23.8 Å². The van der Waals surface area contributed by atoms with Gasteiger partial charge in [-0.25, -0.2) is 0 Å². The molecule has 1 aromatic carbocycles. The number of unbranched alkanes of at least 4 members (excludes halogenated alkanes) is 6. The normalized spacial score (nSPS) is 13.0. The summed E-state index contributed by atoms with van der Waals surface area (Å²) in [5.41, 5.74) is 0. The highest BCUT2D eigenvalue weighted by Crippen LogP contribution is 2.29. The Kier molecular flexibility index (Phi) is 12.3. The van der Waals surface area contributed by atoms with E-state index in [1.54, 1.807) is 24.3 Å². The van der Waals surface area contributed by atoms with Gasteiger partial charge in [-0.3, -0.25) is 9.59 Å². The molecule has 1 rings (SSSR count). The third kappa shape index (κ3) is 9.38. The summed E-state index contributed by atoms with van der Waals surface area (Å²) in [5, 5.41) is 0. The average molecular weight is 391 g/mol. The summed E-state index contributed by atoms with van der Waals surface area (Å²) in [6, 6.07) is 6.91. The van der Waals surface area contributed by atoms with E-state index in [9.17, 15) is 9.59 Å². The van der Waals surface area contributed by atoms with Crippen LogP contribution in [0.25, 0.3) is 0 Å². The molecule has 0 aliphatic heterocycles. The maximum absolute atomic E-state index is 12.4. The van der Waals surface area contributed by atoms with E-state index >= 15 is 0 Å². The highest BCUT2D eigenvalue weighted by molar-refractivity contribution is 5.78. The van der Waals surface area contributed by atoms with E-state index in [1.165, 1.54) is 25.7 Å². The maximum Gasteiger partial charge on any atom is 0.314 e. The minimum atomic E-state index is -0.271. The van der Waals surface area contributed by atoms with Gasteiger partial charge in [0, 0.05) is 0 Å². The lowest BCUT2D eigenvalue weighted by molar-refractivity contribution is -0.141. The van der Waals surface area contributed by atoms with Crippen LogP contribution >= 0.6 is 0 Å². The fourth-order valence-electron chi connectivity index (χ4n) is 3.03. The van der Waals surface area contributed by atoms with Crippen LogP contribution in [0.5, 0.6) is 11.5 Å². The Balaban J connectivity index is 2.57. The zero-order valence-electron chi connectivity index (χ0n) is 18.2. The van der Waals surface area contributed by atoms with Crippen molar-refractivity contribution in [3.8, 4) is 11.5 Å². The number of carbonyl (C=O) groups is 2. The summed E-state index contributed by atoms with van der Waals surface area (Å²) in [6.45, 7) is 8.12. The molecule has 0 aliphatic rings. The Hall–Kier alpha value is -1.84. The lowest BCUT2D eigenvalue weighted by Gasteiger charge is -2.15. The standard InChI is InChI=1S/C24H38O4/c1-5-7-9-11-15-19(3)23(25)27-21-17-13-14-18-22(21)28-24(26)20(4)16-12-10-8-6-2/h13-14,17-20H,5-12,15-16H2,1-4H3. The van der Waals surface area contributed by atoms with Crippen LogP contribution < -0.4 is 9.47 Å². The Morgan fingerprint density at radius 1 is 0.714 bits per heavy atom. The summed E-state index contributed by atoms with van der Waals surface area (Å²) in [6.07, 6.45) is 10.7. The van der Waals surface area contributed by atoms with E-state index in [0.717, 1.165) is 38.5 Å². The van der Waals surface area contributed by atoms with Gasteiger partial charge in [-0.05, 0) is 25.0 Å². The Labute approximate surface area is 171 Å². The van der Waals surface area contributed by atoms with Gasteiger partial charge in [0.15, 0.2) is 11.5 Å². The molecule has 0 spiro atoms. The van der Waals surface area contributed by atoms with Crippen molar-refractivity contribution in [2.75, 3.05) is 0 Å². The van der Waals surface area contributed by atoms with Crippen molar-refractivity contribution < 1.29 is 19.1 Å². The van der Waals surface area contributed by atoms with Crippen LogP contribution in [0.1, 0.15) is 91.9 Å². The van der Waals surface area contributed by atoms with Crippen LogP contribution in [0.15, 0.2) is 24.3 Å². The Bertz CT molecular complexity index is 531. The molecule has 28 heavy (non-hydrogen) atoms.